The predicted octanol–water partition coefficient (Wildman–Crippen LogP) is 4.98. The topological polar surface area (TPSA) is 109 Å². The van der Waals surface area contributed by atoms with Gasteiger partial charge in [-0.05, 0) is 32.9 Å². The number of carbonyl (C=O) groups excluding carboxylic acids is 2. The number of hydrogen-bond donors (Lipinski definition) is 3. The monoisotopic (exact) mass is 511 g/mol. The lowest BCUT2D eigenvalue weighted by molar-refractivity contribution is -0.138. The highest BCUT2D eigenvalue weighted by molar-refractivity contribution is 7.23. The first-order chi connectivity index (χ1) is 16.2. The summed E-state index contributed by atoms with van der Waals surface area (Å²) in [7, 11) is 0. The zero-order chi connectivity index (χ0) is 26.1. The van der Waals surface area contributed by atoms with Crippen molar-refractivity contribution in [1.82, 2.24) is 20.5 Å². The first kappa shape index (κ1) is 25.9. The van der Waals surface area contributed by atoms with E-state index < -0.39 is 40.6 Å². The minimum absolute atomic E-state index is 0.00392. The third kappa shape index (κ3) is 5.50. The average Bonchev–Trinajstić information content (AvgIpc) is 3.36. The number of aromatic nitrogens is 3. The molecule has 1 amide bonds. The van der Waals surface area contributed by atoms with Gasteiger partial charge in [0, 0.05) is 11.1 Å². The molecule has 186 valence electrons. The van der Waals surface area contributed by atoms with E-state index in [4.69, 9.17) is 4.74 Å². The van der Waals surface area contributed by atoms with Crippen molar-refractivity contribution in [2.45, 2.75) is 32.5 Å². The van der Waals surface area contributed by atoms with Gasteiger partial charge in [0.25, 0.3) is 5.91 Å². The van der Waals surface area contributed by atoms with Crippen molar-refractivity contribution >= 4 is 49.5 Å². The molecule has 0 saturated carbocycles. The second kappa shape index (κ2) is 9.49. The van der Waals surface area contributed by atoms with Crippen molar-refractivity contribution in [3.63, 3.8) is 0 Å². The molecular weight excluding hydrogens is 490 g/mol. The molecule has 3 N–H and O–H groups in total. The van der Waals surface area contributed by atoms with Crippen LogP contribution < -0.4 is 10.6 Å². The Morgan fingerprint density at radius 3 is 2.57 bits per heavy atom. The van der Waals surface area contributed by atoms with Crippen LogP contribution in [-0.2, 0) is 20.5 Å². The minimum atomic E-state index is -4.67. The van der Waals surface area contributed by atoms with Crippen LogP contribution in [0.1, 0.15) is 26.3 Å². The summed E-state index contributed by atoms with van der Waals surface area (Å²) < 4.78 is 59.4. The molecule has 0 aliphatic carbocycles. The molecule has 0 saturated heterocycles. The van der Waals surface area contributed by atoms with E-state index in [1.165, 1.54) is 20.0 Å². The molecule has 0 unspecified atom stereocenters. The number of fused-ring (bicyclic) bond motifs is 3. The predicted molar refractivity (Wildman–Crippen MR) is 124 cm³/mol. The molecule has 2 heterocycles. The SMILES string of the molecule is C=C(/C=C(\C(=C)F)C(=O)OCC)NC(C)(C)C(=O)Nc1nc2c(C(F)(F)F)cc3[nH]ncc3c2s1. The van der Waals surface area contributed by atoms with E-state index >= 15 is 0 Å². The number of carbonyl (C=O) groups is 2. The van der Waals surface area contributed by atoms with Crippen LogP contribution >= 0.6 is 11.3 Å². The molecule has 0 bridgehead atoms. The van der Waals surface area contributed by atoms with Crippen LogP contribution in [0.5, 0.6) is 0 Å². The zero-order valence-corrected chi connectivity index (χ0v) is 19.7. The van der Waals surface area contributed by atoms with Gasteiger partial charge >= 0.3 is 12.1 Å². The van der Waals surface area contributed by atoms with Crippen LogP contribution in [0, 0.1) is 0 Å². The third-order valence-corrected chi connectivity index (χ3v) is 5.76. The fourth-order valence-corrected chi connectivity index (χ4v) is 4.13. The van der Waals surface area contributed by atoms with E-state index in [9.17, 15) is 27.2 Å². The van der Waals surface area contributed by atoms with Gasteiger partial charge in [-0.15, -0.1) is 0 Å². The molecule has 8 nitrogen and oxygen atoms in total. The molecule has 0 fully saturated rings. The number of ether oxygens (including phenoxy) is 1. The highest BCUT2D eigenvalue weighted by atomic mass is 32.1. The second-order valence-corrected chi connectivity index (χ2v) is 8.86. The smallest absolute Gasteiger partial charge is 0.418 e. The van der Waals surface area contributed by atoms with Crippen molar-refractivity contribution in [1.29, 1.82) is 0 Å². The standard InChI is InChI=1S/C22H21F4N5O3S/c1-6-34-18(32)12(11(3)23)7-10(2)30-21(4,5)19(33)29-20-28-16-14(22(24,25)26)8-15-13(9-27-31-15)17(16)35-20/h7-9,30H,2-3,6H2,1,4-5H3,(H,27,31)(H,28,29,33)/b12-7+. The molecule has 0 radical (unpaired) electrons. The Bertz CT molecular complexity index is 1370. The Labute approximate surface area is 200 Å². The average molecular weight is 512 g/mol. The summed E-state index contributed by atoms with van der Waals surface area (Å²) in [5.74, 6) is -2.67. The van der Waals surface area contributed by atoms with Gasteiger partial charge in [0.2, 0.25) is 0 Å². The van der Waals surface area contributed by atoms with Gasteiger partial charge in [-0.25, -0.2) is 14.2 Å². The van der Waals surface area contributed by atoms with Gasteiger partial charge in [0.15, 0.2) is 5.13 Å². The summed E-state index contributed by atoms with van der Waals surface area (Å²) in [6.07, 6.45) is -2.25. The van der Waals surface area contributed by atoms with Gasteiger partial charge in [-0.3, -0.25) is 15.2 Å². The van der Waals surface area contributed by atoms with E-state index in [2.05, 4.69) is 39.0 Å². The number of esters is 1. The van der Waals surface area contributed by atoms with Crippen molar-refractivity contribution < 1.29 is 31.9 Å². The number of benzene rings is 1. The molecule has 0 atom stereocenters. The molecule has 3 rings (SSSR count). The summed E-state index contributed by atoms with van der Waals surface area (Å²) in [5, 5.41) is 11.9. The lowest BCUT2D eigenvalue weighted by Gasteiger charge is -2.26. The molecular formula is C22H21F4N5O3S. The molecule has 2 aromatic heterocycles. The number of rotatable bonds is 8. The normalized spacial score (nSPS) is 12.6. The fraction of sp³-hybridized carbons (Fsp3) is 0.273. The first-order valence-electron chi connectivity index (χ1n) is 10.1. The van der Waals surface area contributed by atoms with E-state index in [1.807, 2.05) is 0 Å². The van der Waals surface area contributed by atoms with E-state index in [0.29, 0.717) is 5.39 Å². The molecule has 0 aliphatic heterocycles. The van der Waals surface area contributed by atoms with Crippen molar-refractivity contribution in [2.75, 3.05) is 11.9 Å². The fourth-order valence-electron chi connectivity index (χ4n) is 3.13. The number of H-pyrrole nitrogens is 1. The summed E-state index contributed by atoms with van der Waals surface area (Å²) in [4.78, 5) is 28.8. The molecule has 0 spiro atoms. The second-order valence-electron chi connectivity index (χ2n) is 7.86. The number of nitrogens with one attached hydrogen (secondary N) is 3. The number of hydrogen-bond acceptors (Lipinski definition) is 7. The third-order valence-electron chi connectivity index (χ3n) is 4.76. The van der Waals surface area contributed by atoms with E-state index in [1.54, 1.807) is 6.92 Å². The number of amides is 1. The van der Waals surface area contributed by atoms with Crippen LogP contribution in [0.4, 0.5) is 22.7 Å². The van der Waals surface area contributed by atoms with Gasteiger partial charge in [-0.2, -0.15) is 18.3 Å². The Kier molecular flexibility index (Phi) is 7.01. The summed E-state index contributed by atoms with van der Waals surface area (Å²) >= 11 is 0.861. The largest absolute Gasteiger partial charge is 0.462 e. The molecule has 35 heavy (non-hydrogen) atoms. The molecule has 1 aromatic carbocycles. The van der Waals surface area contributed by atoms with Gasteiger partial charge in [-0.1, -0.05) is 24.5 Å². The Morgan fingerprint density at radius 1 is 1.29 bits per heavy atom. The van der Waals surface area contributed by atoms with Crippen LogP contribution in [0.25, 0.3) is 21.1 Å². The summed E-state index contributed by atoms with van der Waals surface area (Å²) in [6, 6.07) is 0.914. The quantitative estimate of drug-likeness (QED) is 0.170. The maximum atomic E-state index is 13.7. The number of anilines is 1. The Morgan fingerprint density at radius 2 is 1.97 bits per heavy atom. The number of nitrogens with zero attached hydrogens (tertiary/aromatic N) is 2. The summed E-state index contributed by atoms with van der Waals surface area (Å²) in [5.41, 5.74) is -2.96. The molecule has 0 aliphatic rings. The Hall–Kier alpha value is -3.74. The van der Waals surface area contributed by atoms with Crippen LogP contribution in [-0.4, -0.2) is 39.2 Å². The highest BCUT2D eigenvalue weighted by Gasteiger charge is 2.36. The molecule has 3 aromatic rings. The first-order valence-corrected chi connectivity index (χ1v) is 10.9. The van der Waals surface area contributed by atoms with Crippen molar-refractivity contribution in [3.8, 4) is 0 Å². The minimum Gasteiger partial charge on any atom is -0.462 e. The Balaban J connectivity index is 1.86. The molecule has 13 heteroatoms. The van der Waals surface area contributed by atoms with E-state index in [0.717, 1.165) is 23.5 Å². The number of thiazole rings is 1. The zero-order valence-electron chi connectivity index (χ0n) is 18.9. The lowest BCUT2D eigenvalue weighted by atomic mass is 10.0. The highest BCUT2D eigenvalue weighted by Crippen LogP contribution is 2.41. The summed E-state index contributed by atoms with van der Waals surface area (Å²) in [6.45, 7) is 11.2. The van der Waals surface area contributed by atoms with Crippen LogP contribution in [0.3, 0.4) is 0 Å². The van der Waals surface area contributed by atoms with Crippen molar-refractivity contribution in [3.05, 3.63) is 54.2 Å². The van der Waals surface area contributed by atoms with E-state index in [-0.39, 0.29) is 33.2 Å². The van der Waals surface area contributed by atoms with Crippen LogP contribution in [0.2, 0.25) is 0 Å². The maximum Gasteiger partial charge on any atom is 0.418 e. The number of aromatic amines is 1. The van der Waals surface area contributed by atoms with Gasteiger partial charge < -0.3 is 10.1 Å². The van der Waals surface area contributed by atoms with Gasteiger partial charge in [0.05, 0.1) is 39.7 Å². The maximum absolute atomic E-state index is 13.7. The number of alkyl halides is 3. The van der Waals surface area contributed by atoms with Crippen LogP contribution in [0.15, 0.2) is 48.6 Å². The number of allylic oxidation sites excluding steroid dienone is 1. The van der Waals surface area contributed by atoms with Crippen molar-refractivity contribution in [2.24, 2.45) is 0 Å². The van der Waals surface area contributed by atoms with Gasteiger partial charge in [0.1, 0.15) is 11.4 Å². The lowest BCUT2D eigenvalue weighted by Crippen LogP contribution is -2.49. The number of halogens is 4.